The first-order valence-electron chi connectivity index (χ1n) is 5.54. The third-order valence-electron chi connectivity index (χ3n) is 3.15. The summed E-state index contributed by atoms with van der Waals surface area (Å²) in [7, 11) is 0. The van der Waals surface area contributed by atoms with Crippen molar-refractivity contribution in [3.63, 3.8) is 0 Å². The third kappa shape index (κ3) is 2.28. The van der Waals surface area contributed by atoms with E-state index in [0.717, 1.165) is 30.4 Å². The quantitative estimate of drug-likeness (QED) is 0.705. The molecule has 2 heterocycles. The maximum absolute atomic E-state index is 13.1. The number of pyridine rings is 1. The van der Waals surface area contributed by atoms with E-state index in [1.54, 1.807) is 6.07 Å². The van der Waals surface area contributed by atoms with Gasteiger partial charge in [0.1, 0.15) is 5.82 Å². The van der Waals surface area contributed by atoms with Gasteiger partial charge in [0.2, 0.25) is 0 Å². The predicted molar refractivity (Wildman–Crippen MR) is 59.5 cm³/mol. The normalized spacial score (nSPS) is 18.2. The fourth-order valence-electron chi connectivity index (χ4n) is 2.07. The van der Waals surface area contributed by atoms with Crippen molar-refractivity contribution in [1.29, 1.82) is 0 Å². The molecule has 3 heteroatoms. The largest absolute Gasteiger partial charge is 0.370 e. The molecule has 0 aliphatic carbocycles. The Morgan fingerprint density at radius 2 is 2.07 bits per heavy atom. The average molecular weight is 208 g/mol. The Kier molecular flexibility index (Phi) is 2.89. The Morgan fingerprint density at radius 3 is 2.73 bits per heavy atom. The highest BCUT2D eigenvalue weighted by Gasteiger charge is 2.18. The second-order valence-electron chi connectivity index (χ2n) is 4.43. The lowest BCUT2D eigenvalue weighted by Gasteiger charge is -2.32. The first-order valence-corrected chi connectivity index (χ1v) is 5.54. The van der Waals surface area contributed by atoms with Crippen LogP contribution < -0.4 is 4.90 Å². The number of hydrogen-bond acceptors (Lipinski definition) is 2. The summed E-state index contributed by atoms with van der Waals surface area (Å²) in [5, 5.41) is 0. The van der Waals surface area contributed by atoms with Crippen LogP contribution in [0.4, 0.5) is 10.1 Å². The number of nitrogens with zero attached hydrogens (tertiary/aromatic N) is 2. The van der Waals surface area contributed by atoms with E-state index < -0.39 is 0 Å². The molecule has 1 aliphatic heterocycles. The van der Waals surface area contributed by atoms with Crippen molar-refractivity contribution >= 4 is 5.69 Å². The monoisotopic (exact) mass is 208 g/mol. The van der Waals surface area contributed by atoms with Crippen LogP contribution in [0.5, 0.6) is 0 Å². The lowest BCUT2D eigenvalue weighted by Crippen LogP contribution is -2.33. The minimum atomic E-state index is -0.241. The minimum Gasteiger partial charge on any atom is -0.370 e. The summed E-state index contributed by atoms with van der Waals surface area (Å²) in [4.78, 5) is 6.30. The number of halogens is 1. The number of hydrogen-bond donors (Lipinski definition) is 0. The molecule has 0 bridgehead atoms. The molecule has 1 aromatic rings. The van der Waals surface area contributed by atoms with Crippen LogP contribution in [0.3, 0.4) is 0 Å². The van der Waals surface area contributed by atoms with Crippen LogP contribution in [0, 0.1) is 18.7 Å². The number of aromatic nitrogens is 1. The van der Waals surface area contributed by atoms with Crippen molar-refractivity contribution in [3.8, 4) is 0 Å². The van der Waals surface area contributed by atoms with Crippen molar-refractivity contribution in [3.05, 3.63) is 23.8 Å². The molecule has 1 aromatic heterocycles. The van der Waals surface area contributed by atoms with Gasteiger partial charge in [-0.3, -0.25) is 4.98 Å². The summed E-state index contributed by atoms with van der Waals surface area (Å²) in [5.41, 5.74) is 1.88. The topological polar surface area (TPSA) is 16.1 Å². The highest BCUT2D eigenvalue weighted by Crippen LogP contribution is 2.25. The Morgan fingerprint density at radius 1 is 1.40 bits per heavy atom. The van der Waals surface area contributed by atoms with E-state index in [9.17, 15) is 4.39 Å². The van der Waals surface area contributed by atoms with Crippen molar-refractivity contribution in [2.75, 3.05) is 18.0 Å². The van der Waals surface area contributed by atoms with Crippen LogP contribution in [0.15, 0.2) is 12.3 Å². The van der Waals surface area contributed by atoms with Crippen molar-refractivity contribution in [1.82, 2.24) is 4.98 Å². The molecule has 15 heavy (non-hydrogen) atoms. The molecule has 2 rings (SSSR count). The zero-order valence-electron chi connectivity index (χ0n) is 9.33. The summed E-state index contributed by atoms with van der Waals surface area (Å²) in [6.45, 7) is 6.25. The van der Waals surface area contributed by atoms with Gasteiger partial charge in [0.05, 0.1) is 17.6 Å². The van der Waals surface area contributed by atoms with E-state index in [-0.39, 0.29) is 5.82 Å². The summed E-state index contributed by atoms with van der Waals surface area (Å²) >= 11 is 0. The van der Waals surface area contributed by atoms with Gasteiger partial charge in [0, 0.05) is 19.2 Å². The first kappa shape index (κ1) is 10.4. The van der Waals surface area contributed by atoms with Gasteiger partial charge in [-0.25, -0.2) is 4.39 Å². The van der Waals surface area contributed by atoms with Gasteiger partial charge in [0.25, 0.3) is 0 Å². The number of aryl methyl sites for hydroxylation is 1. The van der Waals surface area contributed by atoms with Gasteiger partial charge in [-0.1, -0.05) is 6.92 Å². The molecule has 0 aromatic carbocycles. The molecule has 1 saturated heterocycles. The predicted octanol–water partition coefficient (Wildman–Crippen LogP) is 2.77. The van der Waals surface area contributed by atoms with Gasteiger partial charge in [-0.05, 0) is 25.7 Å². The molecular weight excluding hydrogens is 191 g/mol. The number of rotatable bonds is 1. The molecule has 1 fully saturated rings. The van der Waals surface area contributed by atoms with E-state index >= 15 is 0 Å². The molecule has 1 aliphatic rings. The molecule has 0 atom stereocenters. The van der Waals surface area contributed by atoms with Crippen LogP contribution in [0.1, 0.15) is 25.5 Å². The zero-order valence-corrected chi connectivity index (χ0v) is 9.33. The number of piperidine rings is 1. The average Bonchev–Trinajstić information content (AvgIpc) is 2.23. The Hall–Kier alpha value is -1.12. The van der Waals surface area contributed by atoms with E-state index in [1.807, 2.05) is 6.92 Å². The molecule has 0 N–H and O–H groups in total. The Labute approximate surface area is 90.1 Å². The van der Waals surface area contributed by atoms with Crippen molar-refractivity contribution < 1.29 is 4.39 Å². The highest BCUT2D eigenvalue weighted by atomic mass is 19.1. The molecular formula is C12H17FN2. The smallest absolute Gasteiger partial charge is 0.143 e. The standard InChI is InChI=1S/C12H17FN2/c1-9-3-5-15(6-4-9)12-7-11(13)8-14-10(12)2/h7-9H,3-6H2,1-2H3. The molecule has 2 nitrogen and oxygen atoms in total. The first-order chi connectivity index (χ1) is 7.16. The molecule has 82 valence electrons. The van der Waals surface area contributed by atoms with Crippen LogP contribution >= 0.6 is 0 Å². The van der Waals surface area contributed by atoms with Gasteiger partial charge < -0.3 is 4.90 Å². The summed E-state index contributed by atoms with van der Waals surface area (Å²) in [5.74, 6) is 0.553. The van der Waals surface area contributed by atoms with Crippen molar-refractivity contribution in [2.45, 2.75) is 26.7 Å². The van der Waals surface area contributed by atoms with Gasteiger partial charge in [0.15, 0.2) is 0 Å². The van der Waals surface area contributed by atoms with E-state index in [2.05, 4.69) is 16.8 Å². The molecule has 0 spiro atoms. The molecule has 0 amide bonds. The van der Waals surface area contributed by atoms with E-state index in [1.165, 1.54) is 19.0 Å². The van der Waals surface area contributed by atoms with Crippen LogP contribution in [-0.2, 0) is 0 Å². The van der Waals surface area contributed by atoms with Crippen LogP contribution in [-0.4, -0.2) is 18.1 Å². The van der Waals surface area contributed by atoms with E-state index in [4.69, 9.17) is 0 Å². The second kappa shape index (κ2) is 4.17. The lowest BCUT2D eigenvalue weighted by atomic mass is 9.99. The number of anilines is 1. The maximum Gasteiger partial charge on any atom is 0.143 e. The fraction of sp³-hybridized carbons (Fsp3) is 0.583. The summed E-state index contributed by atoms with van der Waals surface area (Å²) < 4.78 is 13.1. The summed E-state index contributed by atoms with van der Waals surface area (Å²) in [6, 6.07) is 1.60. The van der Waals surface area contributed by atoms with Gasteiger partial charge >= 0.3 is 0 Å². The maximum atomic E-state index is 13.1. The van der Waals surface area contributed by atoms with Gasteiger partial charge in [-0.2, -0.15) is 0 Å². The van der Waals surface area contributed by atoms with Crippen molar-refractivity contribution in [2.24, 2.45) is 5.92 Å². The highest BCUT2D eigenvalue weighted by molar-refractivity contribution is 5.50. The van der Waals surface area contributed by atoms with E-state index in [0.29, 0.717) is 0 Å². The lowest BCUT2D eigenvalue weighted by molar-refractivity contribution is 0.437. The molecule has 0 unspecified atom stereocenters. The summed E-state index contributed by atoms with van der Waals surface area (Å²) in [6.07, 6.45) is 3.66. The third-order valence-corrected chi connectivity index (χ3v) is 3.15. The van der Waals surface area contributed by atoms with Crippen LogP contribution in [0.2, 0.25) is 0 Å². The zero-order chi connectivity index (χ0) is 10.8. The molecule has 0 saturated carbocycles. The SMILES string of the molecule is Cc1ncc(F)cc1N1CCC(C)CC1. The fourth-order valence-corrected chi connectivity index (χ4v) is 2.07. The Balaban J connectivity index is 2.18. The Bertz CT molecular complexity index is 343. The van der Waals surface area contributed by atoms with Gasteiger partial charge in [-0.15, -0.1) is 0 Å². The van der Waals surface area contributed by atoms with Crippen LogP contribution in [0.25, 0.3) is 0 Å². The molecule has 0 radical (unpaired) electrons. The minimum absolute atomic E-state index is 0.241. The second-order valence-corrected chi connectivity index (χ2v) is 4.43.